The molecule has 2 fully saturated rings. The topological polar surface area (TPSA) is 280 Å². The molecule has 0 spiro atoms. The Balaban J connectivity index is 2.17. The predicted octanol–water partition coefficient (Wildman–Crippen LogP) is -7.94. The molecule has 2 aliphatic rings. The summed E-state index contributed by atoms with van der Waals surface area (Å²) < 4.78 is 21.2. The Bertz CT molecular complexity index is 594. The first-order valence-corrected chi connectivity index (χ1v) is 10.5. The monoisotopic (exact) mass is 506 g/mol. The molecule has 2 aliphatic heterocycles. The second-order valence-corrected chi connectivity index (χ2v) is 8.10. The summed E-state index contributed by atoms with van der Waals surface area (Å²) in [5, 5.41) is 118. The van der Waals surface area contributed by atoms with Gasteiger partial charge in [0.15, 0.2) is 12.6 Å². The smallest absolute Gasteiger partial charge is 0.187 e. The van der Waals surface area contributed by atoms with Gasteiger partial charge in [0.1, 0.15) is 73.2 Å². The predicted molar refractivity (Wildman–Crippen MR) is 103 cm³/mol. The molecule has 34 heavy (non-hydrogen) atoms. The fourth-order valence-corrected chi connectivity index (χ4v) is 3.65. The van der Waals surface area contributed by atoms with Gasteiger partial charge < -0.3 is 80.2 Å². The highest BCUT2D eigenvalue weighted by molar-refractivity contribution is 4.95. The zero-order valence-corrected chi connectivity index (χ0v) is 17.9. The zero-order chi connectivity index (χ0) is 25.7. The Morgan fingerprint density at radius 1 is 0.618 bits per heavy atom. The van der Waals surface area contributed by atoms with Crippen molar-refractivity contribution in [3.63, 3.8) is 0 Å². The van der Waals surface area contributed by atoms with Crippen molar-refractivity contribution in [1.29, 1.82) is 0 Å². The fraction of sp³-hybridized carbons (Fsp3) is 1.00. The highest BCUT2D eigenvalue weighted by atomic mass is 16.7. The van der Waals surface area contributed by atoms with Gasteiger partial charge in [-0.05, 0) is 0 Å². The molecule has 0 amide bonds. The average molecular weight is 506 g/mol. The molecule has 0 aliphatic carbocycles. The summed E-state index contributed by atoms with van der Waals surface area (Å²) >= 11 is 0. The Labute approximate surface area is 193 Å². The van der Waals surface area contributed by atoms with E-state index in [1.54, 1.807) is 0 Å². The SMILES string of the molecule is OCC1O[C@@H](OC([C@@H](O)[C@H](O)CO)[C@@H](O)CO)C(O)C(O)[C@H]1O[C@@H]1O[C@@H](CO)[C@H](O)[C@@H](O)[C@@H]1O. The highest BCUT2D eigenvalue weighted by Gasteiger charge is 2.51. The van der Waals surface area contributed by atoms with Crippen molar-refractivity contribution in [3.05, 3.63) is 0 Å². The van der Waals surface area contributed by atoms with Crippen molar-refractivity contribution in [2.24, 2.45) is 0 Å². The molecule has 0 saturated carbocycles. The summed E-state index contributed by atoms with van der Waals surface area (Å²) in [6.07, 6.45) is -24.7. The first-order valence-electron chi connectivity index (χ1n) is 10.5. The van der Waals surface area contributed by atoms with Crippen LogP contribution in [0.1, 0.15) is 0 Å². The van der Waals surface area contributed by atoms with Crippen molar-refractivity contribution in [3.8, 4) is 0 Å². The Morgan fingerprint density at radius 3 is 1.68 bits per heavy atom. The summed E-state index contributed by atoms with van der Waals surface area (Å²) in [6.45, 7) is -3.52. The number of aliphatic hydroxyl groups is 12. The maximum Gasteiger partial charge on any atom is 0.187 e. The van der Waals surface area contributed by atoms with Gasteiger partial charge >= 0.3 is 0 Å². The van der Waals surface area contributed by atoms with E-state index in [4.69, 9.17) is 24.1 Å². The molecule has 2 heterocycles. The molecule has 16 heteroatoms. The molecule has 16 nitrogen and oxygen atoms in total. The molecule has 202 valence electrons. The average Bonchev–Trinajstić information content (AvgIpc) is 2.84. The molecule has 12 N–H and O–H groups in total. The van der Waals surface area contributed by atoms with Crippen LogP contribution in [0.5, 0.6) is 0 Å². The minimum Gasteiger partial charge on any atom is -0.394 e. The van der Waals surface area contributed by atoms with Crippen molar-refractivity contribution in [1.82, 2.24) is 0 Å². The van der Waals surface area contributed by atoms with Crippen LogP contribution in [0.2, 0.25) is 0 Å². The third kappa shape index (κ3) is 6.37. The Hall–Kier alpha value is -0.640. The number of aliphatic hydroxyl groups excluding tert-OH is 12. The van der Waals surface area contributed by atoms with Crippen LogP contribution in [-0.2, 0) is 18.9 Å². The summed E-state index contributed by atoms with van der Waals surface area (Å²) in [7, 11) is 0. The molecule has 2 saturated heterocycles. The maximum atomic E-state index is 10.6. The summed E-state index contributed by atoms with van der Waals surface area (Å²) in [4.78, 5) is 0. The van der Waals surface area contributed by atoms with Crippen LogP contribution in [0.3, 0.4) is 0 Å². The summed E-state index contributed by atoms with van der Waals surface area (Å²) in [5.74, 6) is 0. The van der Waals surface area contributed by atoms with Crippen LogP contribution in [0.25, 0.3) is 0 Å². The third-order valence-electron chi connectivity index (χ3n) is 5.74. The molecule has 2 rings (SSSR count). The number of ether oxygens (including phenoxy) is 4. The van der Waals surface area contributed by atoms with Crippen LogP contribution < -0.4 is 0 Å². The van der Waals surface area contributed by atoms with E-state index in [1.807, 2.05) is 0 Å². The van der Waals surface area contributed by atoms with Crippen molar-refractivity contribution in [2.45, 2.75) is 85.8 Å². The van der Waals surface area contributed by atoms with Crippen molar-refractivity contribution >= 4 is 0 Å². The van der Waals surface area contributed by atoms with Gasteiger partial charge in [-0.15, -0.1) is 0 Å². The highest BCUT2D eigenvalue weighted by Crippen LogP contribution is 2.30. The molecule has 0 radical (unpaired) electrons. The minimum atomic E-state index is -1.98. The van der Waals surface area contributed by atoms with Gasteiger partial charge in [0.25, 0.3) is 0 Å². The molecule has 0 bridgehead atoms. The molecule has 14 atom stereocenters. The van der Waals surface area contributed by atoms with E-state index >= 15 is 0 Å². The van der Waals surface area contributed by atoms with E-state index in [9.17, 15) is 56.2 Å². The van der Waals surface area contributed by atoms with Crippen LogP contribution in [0, 0.1) is 0 Å². The van der Waals surface area contributed by atoms with E-state index < -0.39 is 112 Å². The van der Waals surface area contributed by atoms with Gasteiger partial charge in [0.05, 0.1) is 26.4 Å². The summed E-state index contributed by atoms with van der Waals surface area (Å²) in [5.41, 5.74) is 0. The molecule has 0 aromatic heterocycles. The molecule has 4 unspecified atom stereocenters. The largest absolute Gasteiger partial charge is 0.394 e. The third-order valence-corrected chi connectivity index (χ3v) is 5.74. The first-order chi connectivity index (χ1) is 16.0. The molecular weight excluding hydrogens is 472 g/mol. The van der Waals surface area contributed by atoms with Gasteiger partial charge in [-0.3, -0.25) is 0 Å². The minimum absolute atomic E-state index is 0.757. The van der Waals surface area contributed by atoms with Gasteiger partial charge in [0, 0.05) is 0 Å². The maximum absolute atomic E-state index is 10.6. The van der Waals surface area contributed by atoms with E-state index in [-0.39, 0.29) is 0 Å². The van der Waals surface area contributed by atoms with Crippen LogP contribution >= 0.6 is 0 Å². The number of hydrogen-bond donors (Lipinski definition) is 12. The molecule has 0 aromatic rings. The number of rotatable bonds is 11. The van der Waals surface area contributed by atoms with E-state index in [2.05, 4.69) is 0 Å². The zero-order valence-electron chi connectivity index (χ0n) is 17.9. The Kier molecular flexibility index (Phi) is 11.4. The standard InChI is InChI=1S/C18H34O16/c19-1-5(23)9(25)15(6(24)2-20)33-18-14(30)12(28)16(8(4-22)32-18)34-17-13(29)11(27)10(26)7(3-21)31-17/h5-30H,1-4H2/t5-,6+,7+,8?,9+,10+,11-,12?,13+,14?,15?,16+,17+,18+/m1/s1. The van der Waals surface area contributed by atoms with E-state index in [0.717, 1.165) is 0 Å². The number of hydrogen-bond acceptors (Lipinski definition) is 16. The van der Waals surface area contributed by atoms with Gasteiger partial charge in [-0.2, -0.15) is 0 Å². The lowest BCUT2D eigenvalue weighted by molar-refractivity contribution is -0.367. The van der Waals surface area contributed by atoms with Gasteiger partial charge in [0.2, 0.25) is 0 Å². The lowest BCUT2D eigenvalue weighted by Crippen LogP contribution is -2.65. The van der Waals surface area contributed by atoms with Crippen LogP contribution in [0.15, 0.2) is 0 Å². The summed E-state index contributed by atoms with van der Waals surface area (Å²) in [6, 6.07) is 0. The quantitative estimate of drug-likeness (QED) is 0.124. The second kappa shape index (κ2) is 13.1. The van der Waals surface area contributed by atoms with Crippen molar-refractivity contribution in [2.75, 3.05) is 26.4 Å². The van der Waals surface area contributed by atoms with Gasteiger partial charge in [-0.25, -0.2) is 0 Å². The molecule has 0 aromatic carbocycles. The molecular formula is C18H34O16. The van der Waals surface area contributed by atoms with Crippen molar-refractivity contribution < 1.29 is 80.2 Å². The van der Waals surface area contributed by atoms with E-state index in [1.165, 1.54) is 0 Å². The Morgan fingerprint density at radius 2 is 1.15 bits per heavy atom. The first kappa shape index (κ1) is 29.6. The lowest BCUT2D eigenvalue weighted by atomic mass is 9.96. The fourth-order valence-electron chi connectivity index (χ4n) is 3.65. The van der Waals surface area contributed by atoms with Crippen LogP contribution in [-0.4, -0.2) is 174 Å². The lowest BCUT2D eigenvalue weighted by Gasteiger charge is -2.46. The van der Waals surface area contributed by atoms with Crippen LogP contribution in [0.4, 0.5) is 0 Å². The second-order valence-electron chi connectivity index (χ2n) is 8.10. The van der Waals surface area contributed by atoms with E-state index in [0.29, 0.717) is 0 Å². The normalized spacial score (nSPS) is 42.7. The van der Waals surface area contributed by atoms with Gasteiger partial charge in [-0.1, -0.05) is 0 Å².